The lowest BCUT2D eigenvalue weighted by Crippen LogP contribution is -2.22. The van der Waals surface area contributed by atoms with Crippen LogP contribution in [0.1, 0.15) is 37.4 Å². The fourth-order valence-corrected chi connectivity index (χ4v) is 3.53. The van der Waals surface area contributed by atoms with Crippen LogP contribution in [0.25, 0.3) is 11.1 Å². The second-order valence-corrected chi connectivity index (χ2v) is 8.49. The van der Waals surface area contributed by atoms with E-state index in [-0.39, 0.29) is 30.9 Å². The van der Waals surface area contributed by atoms with Crippen LogP contribution in [0.2, 0.25) is 0 Å². The van der Waals surface area contributed by atoms with Crippen molar-refractivity contribution in [1.29, 1.82) is 0 Å². The van der Waals surface area contributed by atoms with Gasteiger partial charge in [0.05, 0.1) is 17.7 Å². The molecule has 0 saturated carbocycles. The van der Waals surface area contributed by atoms with Crippen molar-refractivity contribution in [3.05, 3.63) is 125 Å². The number of nitrogens with two attached hydrogens (primary N) is 2. The average Bonchev–Trinajstić information content (AvgIpc) is 2.92. The number of carbonyl (C=O) groups excluding carboxylic acids is 2. The fourth-order valence-electron chi connectivity index (χ4n) is 3.53. The molecule has 0 atom stereocenters. The van der Waals surface area contributed by atoms with Crippen LogP contribution in [-0.2, 0) is 17.9 Å². The van der Waals surface area contributed by atoms with E-state index in [9.17, 15) is 9.59 Å². The van der Waals surface area contributed by atoms with Gasteiger partial charge in [0, 0.05) is 0 Å². The zero-order valence-electron chi connectivity index (χ0n) is 20.8. The first-order valence-corrected chi connectivity index (χ1v) is 11.7. The maximum absolute atomic E-state index is 12.5. The van der Waals surface area contributed by atoms with Gasteiger partial charge in [0.15, 0.2) is 5.96 Å². The second-order valence-electron chi connectivity index (χ2n) is 8.49. The molecule has 0 spiro atoms. The highest BCUT2D eigenvalue weighted by atomic mass is 35.5. The van der Waals surface area contributed by atoms with Crippen LogP contribution in [0.15, 0.2) is 102 Å². The number of aryl methyl sites for hydroxylation is 1. The smallest absolute Gasteiger partial charge is 0.343 e. The Morgan fingerprint density at radius 3 is 1.76 bits per heavy atom. The van der Waals surface area contributed by atoms with E-state index in [4.69, 9.17) is 20.9 Å². The third-order valence-corrected chi connectivity index (χ3v) is 5.64. The third-order valence-electron chi connectivity index (χ3n) is 5.64. The highest BCUT2D eigenvalue weighted by Gasteiger charge is 2.10. The van der Waals surface area contributed by atoms with Crippen LogP contribution < -0.4 is 16.2 Å². The molecule has 0 heterocycles. The molecule has 0 bridgehead atoms. The first kappa shape index (κ1) is 28.0. The van der Waals surface area contributed by atoms with Crippen molar-refractivity contribution in [3.63, 3.8) is 0 Å². The number of benzene rings is 4. The summed E-state index contributed by atoms with van der Waals surface area (Å²) in [4.78, 5) is 28.8. The Hall–Kier alpha value is -4.62. The number of guanidine groups is 1. The van der Waals surface area contributed by atoms with E-state index >= 15 is 0 Å². The summed E-state index contributed by atoms with van der Waals surface area (Å²) >= 11 is 0. The number of rotatable bonds is 8. The topological polar surface area (TPSA) is 117 Å². The van der Waals surface area contributed by atoms with Crippen molar-refractivity contribution in [2.45, 2.75) is 20.1 Å². The normalized spacial score (nSPS) is 10.1. The summed E-state index contributed by atoms with van der Waals surface area (Å²) in [7, 11) is 0. The first-order valence-electron chi connectivity index (χ1n) is 11.7. The number of esters is 2. The van der Waals surface area contributed by atoms with E-state index in [0.29, 0.717) is 23.4 Å². The average molecular weight is 530 g/mol. The number of hydrogen-bond acceptors (Lipinski definition) is 5. The van der Waals surface area contributed by atoms with Gasteiger partial charge in [0.25, 0.3) is 0 Å². The number of halogens is 1. The summed E-state index contributed by atoms with van der Waals surface area (Å²) in [6, 6.07) is 29.1. The molecule has 194 valence electrons. The molecule has 4 rings (SSSR count). The highest BCUT2D eigenvalue weighted by molar-refractivity contribution is 5.91. The van der Waals surface area contributed by atoms with Gasteiger partial charge >= 0.3 is 11.9 Å². The molecule has 0 aliphatic heterocycles. The van der Waals surface area contributed by atoms with Gasteiger partial charge in [-0.25, -0.2) is 14.6 Å². The van der Waals surface area contributed by atoms with Gasteiger partial charge in [-0.15, -0.1) is 12.4 Å². The molecule has 0 radical (unpaired) electrons. The summed E-state index contributed by atoms with van der Waals surface area (Å²) < 4.78 is 10.9. The largest absolute Gasteiger partial charge is 0.457 e. The SMILES string of the molecule is Cc1ccc(COC(=O)c2ccc(-c3ccc(OC(=O)c4ccc(CN=C(N)N)cc4)cc3)cc2)cc1.Cl. The molecule has 4 N–H and O–H groups in total. The summed E-state index contributed by atoms with van der Waals surface area (Å²) in [6.45, 7) is 2.58. The molecular weight excluding hydrogens is 502 g/mol. The van der Waals surface area contributed by atoms with Crippen LogP contribution in [-0.4, -0.2) is 17.9 Å². The molecule has 38 heavy (non-hydrogen) atoms. The van der Waals surface area contributed by atoms with Gasteiger partial charge in [0.1, 0.15) is 12.4 Å². The first-order chi connectivity index (χ1) is 17.9. The number of carbonyl (C=O) groups is 2. The molecular formula is C30H28ClN3O4. The standard InChI is InChI=1S/C30H27N3O4.ClH/c1-20-2-4-22(5-3-20)19-36-28(34)25-12-10-23(11-13-25)24-14-16-27(17-15-24)37-29(35)26-8-6-21(7-9-26)18-33-30(31)32;/h2-17H,18-19H2,1H3,(H4,31,32,33);1H. The van der Waals surface area contributed by atoms with Gasteiger partial charge in [-0.1, -0.05) is 66.2 Å². The minimum Gasteiger partial charge on any atom is -0.457 e. The van der Waals surface area contributed by atoms with Crippen molar-refractivity contribution in [2.24, 2.45) is 16.5 Å². The number of nitrogens with zero attached hydrogens (tertiary/aromatic N) is 1. The van der Waals surface area contributed by atoms with E-state index in [1.165, 1.54) is 0 Å². The van der Waals surface area contributed by atoms with Gasteiger partial charge in [-0.3, -0.25) is 0 Å². The molecule has 0 aliphatic carbocycles. The van der Waals surface area contributed by atoms with Crippen molar-refractivity contribution >= 4 is 30.3 Å². The Morgan fingerprint density at radius 1 is 0.684 bits per heavy atom. The zero-order chi connectivity index (χ0) is 26.2. The van der Waals surface area contributed by atoms with Crippen molar-refractivity contribution in [3.8, 4) is 16.9 Å². The van der Waals surface area contributed by atoms with E-state index in [2.05, 4.69) is 4.99 Å². The number of ether oxygens (including phenoxy) is 2. The van der Waals surface area contributed by atoms with E-state index in [1.807, 2.05) is 55.5 Å². The Labute approximate surface area is 227 Å². The maximum atomic E-state index is 12.5. The summed E-state index contributed by atoms with van der Waals surface area (Å²) in [5.41, 5.74) is 16.4. The van der Waals surface area contributed by atoms with Gasteiger partial charge in [-0.2, -0.15) is 0 Å². The monoisotopic (exact) mass is 529 g/mol. The Morgan fingerprint density at radius 2 is 1.18 bits per heavy atom. The molecule has 7 nitrogen and oxygen atoms in total. The van der Waals surface area contributed by atoms with Crippen LogP contribution in [0.3, 0.4) is 0 Å². The minimum atomic E-state index is -0.463. The molecule has 8 heteroatoms. The predicted molar refractivity (Wildman–Crippen MR) is 150 cm³/mol. The third kappa shape index (κ3) is 7.69. The van der Waals surface area contributed by atoms with Crippen LogP contribution in [0.4, 0.5) is 0 Å². The predicted octanol–water partition coefficient (Wildman–Crippen LogP) is 5.43. The Bertz CT molecular complexity index is 1400. The number of aliphatic imine (C=N–C) groups is 1. The van der Waals surface area contributed by atoms with E-state index in [1.54, 1.807) is 48.5 Å². The highest BCUT2D eigenvalue weighted by Crippen LogP contribution is 2.24. The zero-order valence-corrected chi connectivity index (χ0v) is 21.6. The lowest BCUT2D eigenvalue weighted by Gasteiger charge is -2.08. The lowest BCUT2D eigenvalue weighted by atomic mass is 10.0. The van der Waals surface area contributed by atoms with Crippen molar-refractivity contribution in [1.82, 2.24) is 0 Å². The fraction of sp³-hybridized carbons (Fsp3) is 0.100. The Balaban J connectivity index is 0.00000400. The molecule has 4 aromatic rings. The summed E-state index contributed by atoms with van der Waals surface area (Å²) in [5, 5.41) is 0. The van der Waals surface area contributed by atoms with Crippen LogP contribution in [0, 0.1) is 6.92 Å². The molecule has 0 aromatic heterocycles. The van der Waals surface area contributed by atoms with Crippen LogP contribution >= 0.6 is 12.4 Å². The van der Waals surface area contributed by atoms with Crippen molar-refractivity contribution in [2.75, 3.05) is 0 Å². The van der Waals surface area contributed by atoms with Gasteiger partial charge in [-0.05, 0) is 65.6 Å². The van der Waals surface area contributed by atoms with E-state index < -0.39 is 5.97 Å². The van der Waals surface area contributed by atoms with Crippen molar-refractivity contribution < 1.29 is 19.1 Å². The summed E-state index contributed by atoms with van der Waals surface area (Å²) in [6.07, 6.45) is 0. The molecule has 0 saturated heterocycles. The van der Waals surface area contributed by atoms with Crippen LogP contribution in [0.5, 0.6) is 5.75 Å². The number of hydrogen-bond donors (Lipinski definition) is 2. The Kier molecular flexibility index (Phi) is 9.62. The summed E-state index contributed by atoms with van der Waals surface area (Å²) in [5.74, 6) is -0.401. The van der Waals surface area contributed by atoms with Gasteiger partial charge in [0.2, 0.25) is 0 Å². The molecule has 0 aliphatic rings. The maximum Gasteiger partial charge on any atom is 0.343 e. The molecule has 0 unspecified atom stereocenters. The second kappa shape index (κ2) is 13.1. The minimum absolute atomic E-state index is 0. The van der Waals surface area contributed by atoms with E-state index in [0.717, 1.165) is 27.8 Å². The lowest BCUT2D eigenvalue weighted by molar-refractivity contribution is 0.0472. The molecule has 0 amide bonds. The molecule has 0 fully saturated rings. The van der Waals surface area contributed by atoms with Gasteiger partial charge < -0.3 is 20.9 Å². The quantitative estimate of drug-likeness (QED) is 0.136. The molecule has 4 aromatic carbocycles.